The third kappa shape index (κ3) is 3.38. The monoisotopic (exact) mass is 317 g/mol. The van der Waals surface area contributed by atoms with E-state index in [9.17, 15) is 9.18 Å². The smallest absolute Gasteiger partial charge is 0.246 e. The van der Waals surface area contributed by atoms with Gasteiger partial charge in [0.1, 0.15) is 12.4 Å². The Bertz CT molecular complexity index is 691. The first-order valence-corrected chi connectivity index (χ1v) is 7.89. The van der Waals surface area contributed by atoms with Crippen LogP contribution in [-0.2, 0) is 11.3 Å². The highest BCUT2D eigenvalue weighted by molar-refractivity contribution is 5.76. The molecule has 3 rings (SSSR count). The second-order valence-electron chi connectivity index (χ2n) is 6.08. The molecule has 1 aliphatic heterocycles. The van der Waals surface area contributed by atoms with Gasteiger partial charge in [-0.2, -0.15) is 4.80 Å². The summed E-state index contributed by atoms with van der Waals surface area (Å²) in [6.45, 7) is 4.19. The van der Waals surface area contributed by atoms with E-state index >= 15 is 0 Å². The highest BCUT2D eigenvalue weighted by atomic mass is 19.1. The molecule has 0 saturated carbocycles. The van der Waals surface area contributed by atoms with Crippen molar-refractivity contribution in [3.8, 4) is 11.4 Å². The molecule has 0 bridgehead atoms. The van der Waals surface area contributed by atoms with E-state index in [2.05, 4.69) is 29.3 Å². The summed E-state index contributed by atoms with van der Waals surface area (Å²) in [7, 11) is 0. The topological polar surface area (TPSA) is 63.9 Å². The van der Waals surface area contributed by atoms with Crippen molar-refractivity contribution in [1.29, 1.82) is 0 Å². The third-order valence-corrected chi connectivity index (χ3v) is 4.29. The minimum absolute atomic E-state index is 0.00658. The van der Waals surface area contributed by atoms with Gasteiger partial charge in [-0.15, -0.1) is 10.2 Å². The van der Waals surface area contributed by atoms with Crippen LogP contribution in [0.5, 0.6) is 0 Å². The van der Waals surface area contributed by atoms with E-state index in [1.807, 2.05) is 4.90 Å². The van der Waals surface area contributed by atoms with E-state index in [0.29, 0.717) is 11.4 Å². The summed E-state index contributed by atoms with van der Waals surface area (Å²) in [5.41, 5.74) is 0.545. The molecule has 0 radical (unpaired) electrons. The molecular formula is C16H20FN5O. The molecule has 122 valence electrons. The zero-order chi connectivity index (χ0) is 16.4. The van der Waals surface area contributed by atoms with Crippen LogP contribution in [0, 0.1) is 5.82 Å². The SMILES string of the molecule is CC1CCCC(C)N1C(=O)Cn1nnc(-c2cccc(F)c2)n1. The molecule has 0 N–H and O–H groups in total. The minimum atomic E-state index is -0.356. The maximum Gasteiger partial charge on any atom is 0.246 e. The van der Waals surface area contributed by atoms with Crippen LogP contribution in [0.15, 0.2) is 24.3 Å². The molecular weight excluding hydrogens is 297 g/mol. The first-order chi connectivity index (χ1) is 11.0. The third-order valence-electron chi connectivity index (χ3n) is 4.29. The average molecular weight is 317 g/mol. The fraction of sp³-hybridized carbons (Fsp3) is 0.500. The fourth-order valence-electron chi connectivity index (χ4n) is 3.17. The maximum absolute atomic E-state index is 13.3. The van der Waals surface area contributed by atoms with Crippen LogP contribution in [0.25, 0.3) is 11.4 Å². The Morgan fingerprint density at radius 3 is 2.74 bits per heavy atom. The number of hydrogen-bond donors (Lipinski definition) is 0. The summed E-state index contributed by atoms with van der Waals surface area (Å²) in [6, 6.07) is 6.47. The van der Waals surface area contributed by atoms with Gasteiger partial charge in [-0.05, 0) is 50.5 Å². The molecule has 1 saturated heterocycles. The van der Waals surface area contributed by atoms with Crippen LogP contribution >= 0.6 is 0 Å². The van der Waals surface area contributed by atoms with Crippen molar-refractivity contribution in [3.63, 3.8) is 0 Å². The van der Waals surface area contributed by atoms with Crippen LogP contribution in [0.4, 0.5) is 4.39 Å². The van der Waals surface area contributed by atoms with Crippen LogP contribution in [0.2, 0.25) is 0 Å². The summed E-state index contributed by atoms with van der Waals surface area (Å²) in [5.74, 6) is -0.0455. The van der Waals surface area contributed by atoms with Crippen molar-refractivity contribution in [2.75, 3.05) is 0 Å². The van der Waals surface area contributed by atoms with Gasteiger partial charge in [0, 0.05) is 17.6 Å². The number of aromatic nitrogens is 4. The summed E-state index contributed by atoms with van der Waals surface area (Å²) in [6.07, 6.45) is 3.20. The number of carbonyl (C=O) groups is 1. The molecule has 2 atom stereocenters. The number of nitrogens with zero attached hydrogens (tertiary/aromatic N) is 5. The molecule has 1 amide bonds. The van der Waals surface area contributed by atoms with E-state index in [4.69, 9.17) is 0 Å². The normalized spacial score (nSPS) is 21.4. The Hall–Kier alpha value is -2.31. The van der Waals surface area contributed by atoms with Crippen LogP contribution in [-0.4, -0.2) is 43.1 Å². The van der Waals surface area contributed by atoms with Crippen molar-refractivity contribution in [3.05, 3.63) is 30.1 Å². The second kappa shape index (κ2) is 6.44. The Morgan fingerprint density at radius 2 is 2.04 bits per heavy atom. The van der Waals surface area contributed by atoms with Gasteiger partial charge >= 0.3 is 0 Å². The first kappa shape index (κ1) is 15.6. The number of tetrazole rings is 1. The van der Waals surface area contributed by atoms with Gasteiger partial charge in [-0.25, -0.2) is 4.39 Å². The van der Waals surface area contributed by atoms with E-state index in [1.165, 1.54) is 16.9 Å². The largest absolute Gasteiger partial charge is 0.336 e. The predicted octanol–water partition coefficient (Wildman–Crippen LogP) is 2.27. The Balaban J connectivity index is 1.72. The van der Waals surface area contributed by atoms with Gasteiger partial charge < -0.3 is 4.90 Å². The lowest BCUT2D eigenvalue weighted by Crippen LogP contribution is -2.48. The lowest BCUT2D eigenvalue weighted by molar-refractivity contribution is -0.138. The van der Waals surface area contributed by atoms with Gasteiger partial charge in [0.2, 0.25) is 11.7 Å². The Kier molecular flexibility index (Phi) is 4.36. The van der Waals surface area contributed by atoms with Gasteiger partial charge in [0.25, 0.3) is 0 Å². The number of rotatable bonds is 3. The van der Waals surface area contributed by atoms with Crippen LogP contribution in [0.3, 0.4) is 0 Å². The lowest BCUT2D eigenvalue weighted by atomic mass is 9.97. The highest BCUT2D eigenvalue weighted by Gasteiger charge is 2.29. The van der Waals surface area contributed by atoms with Crippen molar-refractivity contribution in [2.45, 2.75) is 51.7 Å². The van der Waals surface area contributed by atoms with Crippen molar-refractivity contribution in [2.24, 2.45) is 0 Å². The number of hydrogen-bond acceptors (Lipinski definition) is 4. The van der Waals surface area contributed by atoms with Crippen LogP contribution < -0.4 is 0 Å². The van der Waals surface area contributed by atoms with E-state index < -0.39 is 0 Å². The molecule has 1 aromatic heterocycles. The van der Waals surface area contributed by atoms with Crippen molar-refractivity contribution < 1.29 is 9.18 Å². The zero-order valence-corrected chi connectivity index (χ0v) is 13.3. The zero-order valence-electron chi connectivity index (χ0n) is 13.3. The second-order valence-corrected chi connectivity index (χ2v) is 6.08. The number of carbonyl (C=O) groups excluding carboxylic acids is 1. The van der Waals surface area contributed by atoms with E-state index in [1.54, 1.807) is 12.1 Å². The average Bonchev–Trinajstić information content (AvgIpc) is 2.95. The molecule has 1 aromatic carbocycles. The van der Waals surface area contributed by atoms with Gasteiger partial charge in [0.05, 0.1) is 0 Å². The van der Waals surface area contributed by atoms with Crippen molar-refractivity contribution in [1.82, 2.24) is 25.1 Å². The summed E-state index contributed by atoms with van der Waals surface area (Å²) < 4.78 is 13.3. The Morgan fingerprint density at radius 1 is 1.30 bits per heavy atom. The molecule has 2 aromatic rings. The predicted molar refractivity (Wildman–Crippen MR) is 82.8 cm³/mol. The molecule has 1 fully saturated rings. The number of piperidine rings is 1. The number of likely N-dealkylation sites (tertiary alicyclic amines) is 1. The quantitative estimate of drug-likeness (QED) is 0.871. The summed E-state index contributed by atoms with van der Waals surface area (Å²) in [4.78, 5) is 15.7. The van der Waals surface area contributed by atoms with E-state index in [0.717, 1.165) is 19.3 Å². The van der Waals surface area contributed by atoms with Crippen LogP contribution in [0.1, 0.15) is 33.1 Å². The summed E-state index contributed by atoms with van der Waals surface area (Å²) in [5, 5.41) is 12.0. The molecule has 2 unspecified atom stereocenters. The standard InChI is InChI=1S/C16H20FN5O/c1-11-5-3-6-12(2)22(11)15(23)10-21-19-16(18-20-21)13-7-4-8-14(17)9-13/h4,7-9,11-12H,3,5-6,10H2,1-2H3. The van der Waals surface area contributed by atoms with Gasteiger partial charge in [-0.1, -0.05) is 12.1 Å². The first-order valence-electron chi connectivity index (χ1n) is 7.89. The summed E-state index contributed by atoms with van der Waals surface area (Å²) >= 11 is 0. The molecule has 0 spiro atoms. The molecule has 1 aliphatic rings. The van der Waals surface area contributed by atoms with Gasteiger partial charge in [-0.3, -0.25) is 4.79 Å². The molecule has 23 heavy (non-hydrogen) atoms. The van der Waals surface area contributed by atoms with E-state index in [-0.39, 0.29) is 30.4 Å². The number of benzene rings is 1. The fourth-order valence-corrected chi connectivity index (χ4v) is 3.17. The molecule has 6 nitrogen and oxygen atoms in total. The maximum atomic E-state index is 13.3. The molecule has 7 heteroatoms. The van der Waals surface area contributed by atoms with Gasteiger partial charge in [0.15, 0.2) is 0 Å². The molecule has 0 aliphatic carbocycles. The molecule has 2 heterocycles. The Labute approximate surface area is 134 Å². The number of halogens is 1. The van der Waals surface area contributed by atoms with Crippen molar-refractivity contribution >= 4 is 5.91 Å². The highest BCUT2D eigenvalue weighted by Crippen LogP contribution is 2.22. The lowest BCUT2D eigenvalue weighted by Gasteiger charge is -2.38. The minimum Gasteiger partial charge on any atom is -0.336 e. The number of amides is 1.